The highest BCUT2D eigenvalue weighted by molar-refractivity contribution is 5.81. The zero-order valence-corrected chi connectivity index (χ0v) is 27.6. The van der Waals surface area contributed by atoms with Gasteiger partial charge in [-0.25, -0.2) is 0 Å². The van der Waals surface area contributed by atoms with Crippen LogP contribution >= 0.6 is 0 Å². The third kappa shape index (κ3) is 17.4. The summed E-state index contributed by atoms with van der Waals surface area (Å²) in [4.78, 5) is 12.8. The Balaban J connectivity index is 2.67. The first-order chi connectivity index (χ1) is 21.7. The largest absolute Gasteiger partial charge is 0.394 e. The number of hydrogen-bond acceptors (Lipinski definition) is 10. The molecule has 8 N–H and O–H groups in total. The summed E-state index contributed by atoms with van der Waals surface area (Å²) in [7, 11) is 0. The van der Waals surface area contributed by atoms with Gasteiger partial charge < -0.3 is 50.5 Å². The van der Waals surface area contributed by atoms with Crippen LogP contribution in [0.1, 0.15) is 117 Å². The van der Waals surface area contributed by atoms with Crippen molar-refractivity contribution in [3.63, 3.8) is 0 Å². The molecule has 1 saturated heterocycles. The lowest BCUT2D eigenvalue weighted by Gasteiger charge is -2.40. The fraction of sp³-hybridized carbons (Fsp3) is 0.853. The fourth-order valence-electron chi connectivity index (χ4n) is 5.24. The second kappa shape index (κ2) is 25.7. The Morgan fingerprint density at radius 1 is 0.800 bits per heavy atom. The number of aliphatic hydroxyl groups excluding tert-OH is 7. The molecule has 1 heterocycles. The average Bonchev–Trinajstić information content (AvgIpc) is 3.04. The molecule has 9 unspecified atom stereocenters. The summed E-state index contributed by atoms with van der Waals surface area (Å²) < 4.78 is 10.9. The SMILES string of the molecule is CCCCCCCC/C=C\C/C=C\CC(O)C(=O)NC(COC1OC(CO)C(O)C(O)C1O)C(O)C(O)CCCCCCCC. The molecule has 0 aromatic heterocycles. The first-order valence-electron chi connectivity index (χ1n) is 17.2. The van der Waals surface area contributed by atoms with Crippen LogP contribution in [0.3, 0.4) is 0 Å². The molecule has 9 atom stereocenters. The molecule has 0 saturated carbocycles. The number of amides is 1. The maximum Gasteiger partial charge on any atom is 0.249 e. The molecular formula is C34H63NO10. The van der Waals surface area contributed by atoms with Crippen molar-refractivity contribution in [2.45, 2.75) is 172 Å². The van der Waals surface area contributed by atoms with E-state index in [0.29, 0.717) is 12.8 Å². The Morgan fingerprint density at radius 3 is 2.04 bits per heavy atom. The van der Waals surface area contributed by atoms with Gasteiger partial charge in [-0.05, 0) is 25.7 Å². The molecule has 1 aliphatic rings. The normalized spacial score (nSPS) is 25.0. The van der Waals surface area contributed by atoms with Gasteiger partial charge in [0.1, 0.15) is 36.6 Å². The van der Waals surface area contributed by atoms with Gasteiger partial charge in [0, 0.05) is 6.42 Å². The third-order valence-electron chi connectivity index (χ3n) is 8.27. The molecule has 11 heteroatoms. The highest BCUT2D eigenvalue weighted by Gasteiger charge is 2.44. The van der Waals surface area contributed by atoms with E-state index < -0.39 is 74.2 Å². The molecule has 0 spiro atoms. The summed E-state index contributed by atoms with van der Waals surface area (Å²) in [6.45, 7) is 3.25. The monoisotopic (exact) mass is 645 g/mol. The molecule has 0 aromatic carbocycles. The second-order valence-corrected chi connectivity index (χ2v) is 12.2. The molecule has 1 aliphatic heterocycles. The van der Waals surface area contributed by atoms with Gasteiger partial charge in [0.05, 0.1) is 25.4 Å². The zero-order valence-electron chi connectivity index (χ0n) is 27.6. The first-order valence-corrected chi connectivity index (χ1v) is 17.2. The van der Waals surface area contributed by atoms with E-state index in [0.717, 1.165) is 38.5 Å². The van der Waals surface area contributed by atoms with Gasteiger partial charge in [-0.3, -0.25) is 4.79 Å². The lowest BCUT2D eigenvalue weighted by atomic mass is 9.98. The topological polar surface area (TPSA) is 189 Å². The number of allylic oxidation sites excluding steroid dienone is 3. The second-order valence-electron chi connectivity index (χ2n) is 12.2. The molecule has 1 rings (SSSR count). The van der Waals surface area contributed by atoms with E-state index in [4.69, 9.17) is 9.47 Å². The van der Waals surface area contributed by atoms with Crippen LogP contribution in [0.4, 0.5) is 0 Å². The van der Waals surface area contributed by atoms with Gasteiger partial charge in [0.25, 0.3) is 0 Å². The summed E-state index contributed by atoms with van der Waals surface area (Å²) in [5.41, 5.74) is 0. The quantitative estimate of drug-likeness (QED) is 0.0513. The van der Waals surface area contributed by atoms with Crippen molar-refractivity contribution in [2.24, 2.45) is 0 Å². The summed E-state index contributed by atoms with van der Waals surface area (Å²) in [5.74, 6) is -0.772. The lowest BCUT2D eigenvalue weighted by molar-refractivity contribution is -0.303. The van der Waals surface area contributed by atoms with Gasteiger partial charge >= 0.3 is 0 Å². The fourth-order valence-corrected chi connectivity index (χ4v) is 5.24. The van der Waals surface area contributed by atoms with Gasteiger partial charge in [-0.2, -0.15) is 0 Å². The predicted octanol–water partition coefficient (Wildman–Crippen LogP) is 2.76. The number of nitrogens with one attached hydrogen (secondary N) is 1. The number of carbonyl (C=O) groups excluding carboxylic acids is 1. The van der Waals surface area contributed by atoms with Crippen LogP contribution in [0.2, 0.25) is 0 Å². The first kappa shape index (κ1) is 41.6. The van der Waals surface area contributed by atoms with Gasteiger partial charge in [-0.15, -0.1) is 0 Å². The lowest BCUT2D eigenvalue weighted by Crippen LogP contribution is -2.60. The van der Waals surface area contributed by atoms with Crippen LogP contribution in [-0.4, -0.2) is 110 Å². The van der Waals surface area contributed by atoms with E-state index >= 15 is 0 Å². The molecule has 1 fully saturated rings. The van der Waals surface area contributed by atoms with Crippen molar-refractivity contribution < 1.29 is 50.0 Å². The number of aliphatic hydroxyl groups is 7. The Morgan fingerprint density at radius 2 is 1.40 bits per heavy atom. The predicted molar refractivity (Wildman–Crippen MR) is 173 cm³/mol. The maximum atomic E-state index is 12.8. The molecule has 264 valence electrons. The van der Waals surface area contributed by atoms with E-state index in [1.54, 1.807) is 6.08 Å². The minimum Gasteiger partial charge on any atom is -0.394 e. The van der Waals surface area contributed by atoms with E-state index in [2.05, 4.69) is 31.3 Å². The molecule has 11 nitrogen and oxygen atoms in total. The Labute approximate surface area is 270 Å². The van der Waals surface area contributed by atoms with Crippen molar-refractivity contribution in [1.29, 1.82) is 0 Å². The number of ether oxygens (including phenoxy) is 2. The smallest absolute Gasteiger partial charge is 0.249 e. The molecule has 0 aromatic rings. The highest BCUT2D eigenvalue weighted by Crippen LogP contribution is 2.23. The van der Waals surface area contributed by atoms with Gasteiger partial charge in [0.15, 0.2) is 6.29 Å². The Hall–Kier alpha value is -1.41. The molecule has 1 amide bonds. The number of hydrogen-bond donors (Lipinski definition) is 8. The van der Waals surface area contributed by atoms with E-state index in [9.17, 15) is 40.5 Å². The van der Waals surface area contributed by atoms with Crippen molar-refractivity contribution in [1.82, 2.24) is 5.32 Å². The minimum absolute atomic E-state index is 0.0494. The molecule has 0 bridgehead atoms. The van der Waals surface area contributed by atoms with Gasteiger partial charge in [-0.1, -0.05) is 109 Å². The third-order valence-corrected chi connectivity index (χ3v) is 8.27. The zero-order chi connectivity index (χ0) is 33.5. The van der Waals surface area contributed by atoms with Gasteiger partial charge in [0.2, 0.25) is 5.91 Å². The maximum absolute atomic E-state index is 12.8. The van der Waals surface area contributed by atoms with Crippen molar-refractivity contribution >= 4 is 5.91 Å². The highest BCUT2D eigenvalue weighted by atomic mass is 16.7. The summed E-state index contributed by atoms with van der Waals surface area (Å²) in [5, 5.41) is 74.5. The van der Waals surface area contributed by atoms with Crippen LogP contribution in [0, 0.1) is 0 Å². The van der Waals surface area contributed by atoms with Crippen LogP contribution in [0.25, 0.3) is 0 Å². The van der Waals surface area contributed by atoms with Crippen LogP contribution < -0.4 is 5.32 Å². The standard InChI is InChI=1S/C34H63NO10/c1-3-5-7-9-11-12-13-14-15-16-18-20-22-27(38)33(43)35-25(29(39)26(37)21-19-17-10-8-6-4-2)24-44-34-32(42)31(41)30(40)28(23-36)45-34/h14-15,18,20,25-32,34,36-42H,3-13,16-17,19,21-24H2,1-2H3,(H,35,43)/b15-14-,20-18-. The minimum atomic E-state index is -1.67. The van der Waals surface area contributed by atoms with E-state index in [1.165, 1.54) is 38.5 Å². The molecule has 45 heavy (non-hydrogen) atoms. The van der Waals surface area contributed by atoms with Crippen molar-refractivity contribution in [3.05, 3.63) is 24.3 Å². The average molecular weight is 646 g/mol. The Kier molecular flexibility index (Phi) is 23.7. The summed E-state index contributed by atoms with van der Waals surface area (Å²) in [6.07, 6.45) is 11.7. The van der Waals surface area contributed by atoms with Crippen LogP contribution in [0.5, 0.6) is 0 Å². The molecule has 0 aliphatic carbocycles. The van der Waals surface area contributed by atoms with Crippen molar-refractivity contribution in [3.8, 4) is 0 Å². The van der Waals surface area contributed by atoms with Crippen LogP contribution in [0.15, 0.2) is 24.3 Å². The summed E-state index contributed by atoms with van der Waals surface area (Å²) in [6, 6.07) is -1.19. The number of unbranched alkanes of at least 4 members (excludes halogenated alkanes) is 11. The molecule has 0 radical (unpaired) electrons. The summed E-state index contributed by atoms with van der Waals surface area (Å²) >= 11 is 0. The number of rotatable bonds is 26. The van der Waals surface area contributed by atoms with E-state index in [1.807, 2.05) is 6.08 Å². The van der Waals surface area contributed by atoms with Crippen LogP contribution in [-0.2, 0) is 14.3 Å². The number of carbonyl (C=O) groups is 1. The Bertz CT molecular complexity index is 795. The van der Waals surface area contributed by atoms with Crippen molar-refractivity contribution in [2.75, 3.05) is 13.2 Å². The van der Waals surface area contributed by atoms with E-state index in [-0.39, 0.29) is 12.8 Å². The molecular weight excluding hydrogens is 582 g/mol.